The Morgan fingerprint density at radius 1 is 1.56 bits per heavy atom. The molecule has 0 radical (unpaired) electrons. The zero-order valence-corrected chi connectivity index (χ0v) is 10.0. The van der Waals surface area contributed by atoms with Gasteiger partial charge in [-0.15, -0.1) is 0 Å². The van der Waals surface area contributed by atoms with E-state index in [1.54, 1.807) is 0 Å². The van der Waals surface area contributed by atoms with Crippen molar-refractivity contribution in [2.75, 3.05) is 11.9 Å². The molecule has 0 saturated carbocycles. The standard InChI is InChI=1S/C12H18N4/c1-8(14)4-5-15-12-6-9(2)16-10(3)11(12)7-13/h6,8H,4-5,14H2,1-3H3,(H,15,16). The molecule has 4 heteroatoms. The first kappa shape index (κ1) is 12.5. The van der Waals surface area contributed by atoms with Crippen molar-refractivity contribution in [2.24, 2.45) is 5.73 Å². The topological polar surface area (TPSA) is 74.7 Å². The maximum absolute atomic E-state index is 9.04. The molecule has 0 fully saturated rings. The largest absolute Gasteiger partial charge is 0.384 e. The molecule has 16 heavy (non-hydrogen) atoms. The summed E-state index contributed by atoms with van der Waals surface area (Å²) >= 11 is 0. The molecule has 1 unspecified atom stereocenters. The second-order valence-corrected chi connectivity index (χ2v) is 4.08. The van der Waals surface area contributed by atoms with Crippen LogP contribution in [0.2, 0.25) is 0 Å². The van der Waals surface area contributed by atoms with E-state index in [2.05, 4.69) is 16.4 Å². The maximum atomic E-state index is 9.04. The van der Waals surface area contributed by atoms with Gasteiger partial charge in [0.1, 0.15) is 6.07 Å². The second-order valence-electron chi connectivity index (χ2n) is 4.08. The highest BCUT2D eigenvalue weighted by atomic mass is 14.9. The Bertz CT molecular complexity index is 404. The van der Waals surface area contributed by atoms with E-state index in [-0.39, 0.29) is 6.04 Å². The molecule has 86 valence electrons. The number of aromatic nitrogens is 1. The molecule has 1 aromatic rings. The van der Waals surface area contributed by atoms with E-state index in [1.807, 2.05) is 26.8 Å². The Labute approximate surface area is 96.5 Å². The Morgan fingerprint density at radius 3 is 2.81 bits per heavy atom. The molecule has 0 aromatic carbocycles. The number of nitriles is 1. The lowest BCUT2D eigenvalue weighted by molar-refractivity contribution is 0.690. The van der Waals surface area contributed by atoms with Gasteiger partial charge < -0.3 is 11.1 Å². The Hall–Kier alpha value is -1.60. The van der Waals surface area contributed by atoms with Crippen molar-refractivity contribution in [3.8, 4) is 6.07 Å². The van der Waals surface area contributed by atoms with E-state index in [0.717, 1.165) is 30.0 Å². The van der Waals surface area contributed by atoms with Crippen molar-refractivity contribution >= 4 is 5.69 Å². The molecule has 0 spiro atoms. The SMILES string of the molecule is Cc1cc(NCCC(C)N)c(C#N)c(C)n1. The number of pyridine rings is 1. The van der Waals surface area contributed by atoms with E-state index in [0.29, 0.717) is 5.56 Å². The van der Waals surface area contributed by atoms with Gasteiger partial charge in [-0.2, -0.15) is 5.26 Å². The van der Waals surface area contributed by atoms with E-state index >= 15 is 0 Å². The quantitative estimate of drug-likeness (QED) is 0.807. The van der Waals surface area contributed by atoms with Gasteiger partial charge in [0, 0.05) is 18.3 Å². The summed E-state index contributed by atoms with van der Waals surface area (Å²) in [4.78, 5) is 4.26. The van der Waals surface area contributed by atoms with Crippen molar-refractivity contribution in [1.29, 1.82) is 5.26 Å². The second kappa shape index (κ2) is 5.47. The number of nitrogens with two attached hydrogens (primary N) is 1. The summed E-state index contributed by atoms with van der Waals surface area (Å²) in [5.41, 5.74) is 8.83. The van der Waals surface area contributed by atoms with Crippen molar-refractivity contribution in [1.82, 2.24) is 4.98 Å². The fourth-order valence-electron chi connectivity index (χ4n) is 1.54. The zero-order chi connectivity index (χ0) is 12.1. The van der Waals surface area contributed by atoms with Crippen molar-refractivity contribution in [2.45, 2.75) is 33.2 Å². The summed E-state index contributed by atoms with van der Waals surface area (Å²) in [6.07, 6.45) is 0.880. The molecule has 0 amide bonds. The predicted octanol–water partition coefficient (Wildman–Crippen LogP) is 1.72. The van der Waals surface area contributed by atoms with E-state index in [4.69, 9.17) is 11.0 Å². The Balaban J connectivity index is 2.82. The first-order chi connectivity index (χ1) is 7.54. The molecule has 1 aromatic heterocycles. The molecular weight excluding hydrogens is 200 g/mol. The van der Waals surface area contributed by atoms with Crippen LogP contribution in [0.5, 0.6) is 0 Å². The van der Waals surface area contributed by atoms with E-state index in [1.165, 1.54) is 0 Å². The maximum Gasteiger partial charge on any atom is 0.103 e. The Kier molecular flexibility index (Phi) is 4.27. The summed E-state index contributed by atoms with van der Waals surface area (Å²) in [6, 6.07) is 4.24. The van der Waals surface area contributed by atoms with Gasteiger partial charge in [-0.05, 0) is 33.3 Å². The van der Waals surface area contributed by atoms with Gasteiger partial charge in [-0.1, -0.05) is 0 Å². The normalized spacial score (nSPS) is 11.9. The van der Waals surface area contributed by atoms with Crippen LogP contribution in [0.3, 0.4) is 0 Å². The zero-order valence-electron chi connectivity index (χ0n) is 10.0. The third-order valence-electron chi connectivity index (χ3n) is 2.36. The van der Waals surface area contributed by atoms with Crippen LogP contribution in [0, 0.1) is 25.2 Å². The highest BCUT2D eigenvalue weighted by Gasteiger charge is 2.07. The molecule has 1 heterocycles. The van der Waals surface area contributed by atoms with Crippen LogP contribution in [0.4, 0.5) is 5.69 Å². The minimum atomic E-state index is 0.169. The summed E-state index contributed by atoms with van der Waals surface area (Å²) < 4.78 is 0. The van der Waals surface area contributed by atoms with E-state index in [9.17, 15) is 0 Å². The number of nitrogens with zero attached hydrogens (tertiary/aromatic N) is 2. The summed E-state index contributed by atoms with van der Waals surface area (Å²) in [5.74, 6) is 0. The highest BCUT2D eigenvalue weighted by Crippen LogP contribution is 2.18. The lowest BCUT2D eigenvalue weighted by Crippen LogP contribution is -2.19. The average Bonchev–Trinajstić information content (AvgIpc) is 2.16. The number of hydrogen-bond donors (Lipinski definition) is 2. The van der Waals surface area contributed by atoms with Crippen molar-refractivity contribution < 1.29 is 0 Å². The number of anilines is 1. The molecule has 0 saturated heterocycles. The molecule has 1 atom stereocenters. The molecular formula is C12H18N4. The minimum absolute atomic E-state index is 0.169. The third-order valence-corrected chi connectivity index (χ3v) is 2.36. The molecule has 4 nitrogen and oxygen atoms in total. The average molecular weight is 218 g/mol. The van der Waals surface area contributed by atoms with E-state index < -0.39 is 0 Å². The molecule has 0 aliphatic heterocycles. The fraction of sp³-hybridized carbons (Fsp3) is 0.500. The molecule has 0 aliphatic carbocycles. The van der Waals surface area contributed by atoms with Gasteiger partial charge in [0.2, 0.25) is 0 Å². The summed E-state index contributed by atoms with van der Waals surface area (Å²) in [6.45, 7) is 6.51. The number of rotatable bonds is 4. The summed E-state index contributed by atoms with van der Waals surface area (Å²) in [7, 11) is 0. The van der Waals surface area contributed by atoms with Crippen LogP contribution in [-0.4, -0.2) is 17.6 Å². The smallest absolute Gasteiger partial charge is 0.103 e. The minimum Gasteiger partial charge on any atom is -0.384 e. The van der Waals surface area contributed by atoms with Gasteiger partial charge >= 0.3 is 0 Å². The lowest BCUT2D eigenvalue weighted by atomic mass is 10.1. The molecule has 0 bridgehead atoms. The predicted molar refractivity (Wildman–Crippen MR) is 65.2 cm³/mol. The first-order valence-corrected chi connectivity index (χ1v) is 5.42. The van der Waals surface area contributed by atoms with Crippen molar-refractivity contribution in [3.63, 3.8) is 0 Å². The van der Waals surface area contributed by atoms with Crippen LogP contribution in [0.25, 0.3) is 0 Å². The van der Waals surface area contributed by atoms with Gasteiger partial charge in [0.15, 0.2) is 0 Å². The highest BCUT2D eigenvalue weighted by molar-refractivity contribution is 5.59. The van der Waals surface area contributed by atoms with Gasteiger partial charge in [-0.3, -0.25) is 4.98 Å². The number of nitrogens with one attached hydrogen (secondary N) is 1. The van der Waals surface area contributed by atoms with Gasteiger partial charge in [0.05, 0.1) is 16.9 Å². The van der Waals surface area contributed by atoms with Crippen LogP contribution in [0.15, 0.2) is 6.07 Å². The monoisotopic (exact) mass is 218 g/mol. The molecule has 0 aliphatic rings. The third kappa shape index (κ3) is 3.21. The van der Waals surface area contributed by atoms with Gasteiger partial charge in [-0.25, -0.2) is 0 Å². The van der Waals surface area contributed by atoms with Crippen molar-refractivity contribution in [3.05, 3.63) is 23.0 Å². The first-order valence-electron chi connectivity index (χ1n) is 5.42. The van der Waals surface area contributed by atoms with Crippen LogP contribution in [-0.2, 0) is 0 Å². The molecule has 3 N–H and O–H groups in total. The van der Waals surface area contributed by atoms with Gasteiger partial charge in [0.25, 0.3) is 0 Å². The number of hydrogen-bond acceptors (Lipinski definition) is 4. The fourth-order valence-corrected chi connectivity index (χ4v) is 1.54. The van der Waals surface area contributed by atoms with Crippen LogP contribution in [0.1, 0.15) is 30.3 Å². The number of aryl methyl sites for hydroxylation is 2. The van der Waals surface area contributed by atoms with Crippen LogP contribution >= 0.6 is 0 Å². The molecule has 1 rings (SSSR count). The summed E-state index contributed by atoms with van der Waals surface area (Å²) in [5, 5.41) is 12.3. The lowest BCUT2D eigenvalue weighted by Gasteiger charge is -2.11. The van der Waals surface area contributed by atoms with Crippen LogP contribution < -0.4 is 11.1 Å². The Morgan fingerprint density at radius 2 is 2.25 bits per heavy atom.